The van der Waals surface area contributed by atoms with Crippen molar-refractivity contribution in [2.45, 2.75) is 46.9 Å². The van der Waals surface area contributed by atoms with E-state index in [9.17, 15) is 0 Å². The molecule has 0 saturated heterocycles. The molecule has 2 heterocycles. The number of fused-ring (bicyclic) bond motifs is 1. The second-order valence-corrected chi connectivity index (χ2v) is 16.7. The van der Waals surface area contributed by atoms with Gasteiger partial charge in [0, 0.05) is 27.1 Å². The second kappa shape index (κ2) is 15.6. The summed E-state index contributed by atoms with van der Waals surface area (Å²) in [7, 11) is 1.74. The van der Waals surface area contributed by atoms with Gasteiger partial charge in [-0.15, -0.1) is 0 Å². The van der Waals surface area contributed by atoms with Crippen molar-refractivity contribution in [2.24, 2.45) is 0 Å². The molecule has 4 heteroatoms. The minimum Gasteiger partial charge on any atom is -0.496 e. The van der Waals surface area contributed by atoms with Gasteiger partial charge >= 0.3 is 0 Å². The van der Waals surface area contributed by atoms with Crippen LogP contribution in [0.5, 0.6) is 5.75 Å². The van der Waals surface area contributed by atoms with Gasteiger partial charge in [-0.25, -0.2) is 4.98 Å². The highest BCUT2D eigenvalue weighted by Crippen LogP contribution is 2.42. The quantitative estimate of drug-likeness (QED) is 0.154. The molecule has 2 aromatic heterocycles. The topological polar surface area (TPSA) is 39.9 Å². The fraction of sp³-hybridized carbons (Fsp3) is 0.143. The molecule has 0 bridgehead atoms. The molecule has 9 rings (SSSR count). The van der Waals surface area contributed by atoms with Gasteiger partial charge in [0.1, 0.15) is 11.6 Å². The third kappa shape index (κ3) is 7.42. The summed E-state index contributed by atoms with van der Waals surface area (Å²) in [6, 6.07) is 56.4. The monoisotopic (exact) mass is 782 g/mol. The zero-order valence-corrected chi connectivity index (χ0v) is 34.9. The van der Waals surface area contributed by atoms with Crippen molar-refractivity contribution in [3.05, 3.63) is 192 Å². The van der Waals surface area contributed by atoms with Gasteiger partial charge in [0.15, 0.2) is 0 Å². The van der Waals surface area contributed by atoms with Gasteiger partial charge in [0.25, 0.3) is 0 Å². The van der Waals surface area contributed by atoms with Crippen molar-refractivity contribution in [1.82, 2.24) is 14.5 Å². The summed E-state index contributed by atoms with van der Waals surface area (Å²) in [5, 5.41) is 0. The highest BCUT2D eigenvalue weighted by molar-refractivity contribution is 5.98. The first-order valence-corrected chi connectivity index (χ1v) is 20.4. The SMILES string of the molecule is [2H]C([2H])([2H])c1ccc(-c2ccnc(-c3cc(-c4ccccc4)cc(-c4cccc5c4nc(-c4cc(C)cc(C)c4OC)n5-c4cc(-c5ccccc5)cc(C(C)(C)C)c4)c3)c2)cc1. The lowest BCUT2D eigenvalue weighted by Gasteiger charge is -2.23. The molecule has 294 valence electrons. The number of benzene rings is 7. The summed E-state index contributed by atoms with van der Waals surface area (Å²) in [5.74, 6) is 1.59. The van der Waals surface area contributed by atoms with Crippen molar-refractivity contribution >= 4 is 11.0 Å². The maximum Gasteiger partial charge on any atom is 0.149 e. The highest BCUT2D eigenvalue weighted by Gasteiger charge is 2.24. The summed E-state index contributed by atoms with van der Waals surface area (Å²) in [6.07, 6.45) is 1.82. The molecule has 0 aliphatic heterocycles. The van der Waals surface area contributed by atoms with Crippen LogP contribution in [0.1, 0.15) is 47.1 Å². The van der Waals surface area contributed by atoms with Gasteiger partial charge in [0.2, 0.25) is 0 Å². The van der Waals surface area contributed by atoms with Gasteiger partial charge in [0.05, 0.1) is 29.4 Å². The molecule has 60 heavy (non-hydrogen) atoms. The van der Waals surface area contributed by atoms with E-state index in [0.29, 0.717) is 5.56 Å². The maximum absolute atomic E-state index is 7.85. The lowest BCUT2D eigenvalue weighted by molar-refractivity contribution is 0.413. The summed E-state index contributed by atoms with van der Waals surface area (Å²) in [4.78, 5) is 10.5. The minimum atomic E-state index is -2.16. The normalized spacial score (nSPS) is 12.5. The summed E-state index contributed by atoms with van der Waals surface area (Å²) in [5.41, 5.74) is 17.4. The number of rotatable bonds is 8. The van der Waals surface area contributed by atoms with E-state index in [-0.39, 0.29) is 5.41 Å². The van der Waals surface area contributed by atoms with E-state index < -0.39 is 6.85 Å². The molecule has 0 amide bonds. The fourth-order valence-electron chi connectivity index (χ4n) is 8.30. The van der Waals surface area contributed by atoms with Crippen molar-refractivity contribution in [3.8, 4) is 78.6 Å². The Balaban J connectivity index is 1.29. The first-order chi connectivity index (χ1) is 30.2. The molecule has 0 radical (unpaired) electrons. The Kier molecular flexibility index (Phi) is 9.10. The molecule has 0 saturated carbocycles. The number of pyridine rings is 1. The summed E-state index contributed by atoms with van der Waals surface area (Å²) < 4.78 is 32.0. The van der Waals surface area contributed by atoms with Crippen LogP contribution in [0.2, 0.25) is 0 Å². The smallest absolute Gasteiger partial charge is 0.149 e. The number of imidazole rings is 1. The lowest BCUT2D eigenvalue weighted by Crippen LogP contribution is -2.12. The molecule has 7 aromatic carbocycles. The second-order valence-electron chi connectivity index (χ2n) is 16.7. The molecule has 0 unspecified atom stereocenters. The van der Waals surface area contributed by atoms with E-state index in [1.807, 2.05) is 30.5 Å². The van der Waals surface area contributed by atoms with E-state index >= 15 is 0 Å². The molecule has 0 aliphatic rings. The average Bonchev–Trinajstić information content (AvgIpc) is 3.68. The fourth-order valence-corrected chi connectivity index (χ4v) is 8.30. The Hall–Kier alpha value is -7.04. The van der Waals surface area contributed by atoms with Crippen molar-refractivity contribution in [1.29, 1.82) is 0 Å². The molecule has 0 spiro atoms. The molecule has 0 N–H and O–H groups in total. The predicted octanol–water partition coefficient (Wildman–Crippen LogP) is 14.7. The van der Waals surface area contributed by atoms with Gasteiger partial charge in [-0.3, -0.25) is 9.55 Å². The number of methoxy groups -OCH3 is 1. The van der Waals surface area contributed by atoms with Crippen molar-refractivity contribution in [3.63, 3.8) is 0 Å². The van der Waals surface area contributed by atoms with Crippen LogP contribution in [0.3, 0.4) is 0 Å². The van der Waals surface area contributed by atoms with Crippen LogP contribution in [-0.4, -0.2) is 21.6 Å². The first-order valence-electron chi connectivity index (χ1n) is 21.9. The van der Waals surface area contributed by atoms with E-state index in [0.717, 1.165) is 101 Å². The minimum absolute atomic E-state index is 0.125. The van der Waals surface area contributed by atoms with Gasteiger partial charge in [-0.05, 0) is 136 Å². The Labute approximate surface area is 358 Å². The molecule has 0 fully saturated rings. The van der Waals surface area contributed by atoms with Crippen molar-refractivity contribution < 1.29 is 8.85 Å². The predicted molar refractivity (Wildman–Crippen MR) is 251 cm³/mol. The Morgan fingerprint density at radius 2 is 1.22 bits per heavy atom. The molecular weight excluding hydrogens is 731 g/mol. The number of hydrogen-bond acceptors (Lipinski definition) is 3. The third-order valence-corrected chi connectivity index (χ3v) is 11.3. The molecule has 0 atom stereocenters. The van der Waals surface area contributed by atoms with Crippen LogP contribution in [0.25, 0.3) is 83.9 Å². The van der Waals surface area contributed by atoms with Crippen molar-refractivity contribution in [2.75, 3.05) is 7.11 Å². The number of aromatic nitrogens is 3. The Morgan fingerprint density at radius 1 is 0.550 bits per heavy atom. The van der Waals surface area contributed by atoms with Crippen LogP contribution < -0.4 is 4.74 Å². The largest absolute Gasteiger partial charge is 0.496 e. The van der Waals surface area contributed by atoms with Crippen LogP contribution in [0.4, 0.5) is 0 Å². The standard InChI is InChI=1S/C56H49N3O/c1-36-21-23-41(24-22-36)42-25-26-57-51(34-42)46-30-43(39-15-10-8-11-16-39)29-45(31-46)49-19-14-20-52-53(49)58-55(50-28-37(2)27-38(3)54(50)60-7)59(52)48-33-44(40-17-12-9-13-18-40)32-47(35-48)56(4,5)6/h8-35H,1-7H3/i1D3. The highest BCUT2D eigenvalue weighted by atomic mass is 16.5. The molecule has 0 aliphatic carbocycles. The van der Waals surface area contributed by atoms with Crippen LogP contribution in [-0.2, 0) is 5.41 Å². The van der Waals surface area contributed by atoms with Crippen LogP contribution in [0, 0.1) is 20.7 Å². The first kappa shape index (κ1) is 35.0. The number of hydrogen-bond donors (Lipinski definition) is 0. The number of nitrogens with zero attached hydrogens (tertiary/aromatic N) is 3. The summed E-state index contributed by atoms with van der Waals surface area (Å²) >= 11 is 0. The van der Waals surface area contributed by atoms with E-state index in [2.05, 4.69) is 167 Å². The van der Waals surface area contributed by atoms with Crippen LogP contribution in [0.15, 0.2) is 170 Å². The number of aryl methyl sites for hydroxylation is 3. The van der Waals surface area contributed by atoms with Gasteiger partial charge in [-0.2, -0.15) is 0 Å². The average molecular weight is 783 g/mol. The Morgan fingerprint density at radius 3 is 1.90 bits per heavy atom. The zero-order chi connectivity index (χ0) is 44.0. The maximum atomic E-state index is 7.85. The van der Waals surface area contributed by atoms with Gasteiger partial charge < -0.3 is 4.74 Å². The van der Waals surface area contributed by atoms with E-state index in [1.165, 1.54) is 5.56 Å². The third-order valence-electron chi connectivity index (χ3n) is 11.3. The number of ether oxygens (including phenoxy) is 1. The number of para-hydroxylation sites is 1. The Bertz CT molecular complexity index is 3130. The lowest BCUT2D eigenvalue weighted by atomic mass is 9.85. The van der Waals surface area contributed by atoms with E-state index in [4.69, 9.17) is 18.8 Å². The molecule has 9 aromatic rings. The van der Waals surface area contributed by atoms with Gasteiger partial charge in [-0.1, -0.05) is 136 Å². The molecular formula is C56H49N3O. The van der Waals surface area contributed by atoms with Crippen LogP contribution >= 0.6 is 0 Å². The zero-order valence-electron chi connectivity index (χ0n) is 37.9. The van der Waals surface area contributed by atoms with E-state index in [1.54, 1.807) is 19.2 Å². The molecule has 4 nitrogen and oxygen atoms in total. The summed E-state index contributed by atoms with van der Waals surface area (Å²) in [6.45, 7) is 8.83.